The minimum atomic E-state index is -0.125. The maximum atomic E-state index is 8.61. The fourth-order valence-corrected chi connectivity index (χ4v) is 0.289. The van der Waals surface area contributed by atoms with Crippen molar-refractivity contribution in [3.63, 3.8) is 0 Å². The molecule has 0 aromatic carbocycles. The quantitative estimate of drug-likeness (QED) is 0.290. The second kappa shape index (κ2) is 18.5. The van der Waals surface area contributed by atoms with Crippen molar-refractivity contribution < 1.29 is 77.9 Å². The third-order valence-corrected chi connectivity index (χ3v) is 0.574. The first-order chi connectivity index (χ1) is 3.66. The molecule has 77 valence electrons. The maximum absolute atomic E-state index is 8.61. The van der Waals surface area contributed by atoms with E-state index in [4.69, 9.17) is 5.41 Å². The van der Waals surface area contributed by atoms with Crippen LogP contribution in [-0.4, -0.2) is 19.0 Å². The van der Waals surface area contributed by atoms with Gasteiger partial charge in [0.25, 0.3) is 0 Å². The van der Waals surface area contributed by atoms with Gasteiger partial charge in [-0.3, -0.25) is 0 Å². The summed E-state index contributed by atoms with van der Waals surface area (Å²) >= 11 is 0. The number of hydrogen-bond donors (Lipinski definition) is 0. The Morgan fingerprint density at radius 2 is 1.50 bits per heavy atom. The van der Waals surface area contributed by atoms with E-state index in [1.165, 1.54) is 7.05 Å². The van der Waals surface area contributed by atoms with Crippen LogP contribution in [0.4, 0.5) is 0 Å². The van der Waals surface area contributed by atoms with E-state index in [-0.39, 0.29) is 89.9 Å². The first-order valence-corrected chi connectivity index (χ1v) is 2.53. The number of hydrogen-bond acceptors (Lipinski definition) is 0. The Hall–Kier alpha value is 1.76. The summed E-state index contributed by atoms with van der Waals surface area (Å²) in [5.41, 5.74) is 0. The molecule has 0 fully saturated rings. The molecule has 3 nitrogen and oxygen atoms in total. The molecular weight excluding hydrogens is 506 g/mol. The molecule has 3 radical (unpaired) electrons. The van der Waals surface area contributed by atoms with E-state index in [1.807, 2.05) is 13.8 Å². The SMILES string of the molecule is C[N-]C(=[N-])[N-]C(C)C.[Ru+].[Ru+].[Ru+].[Ru]. The number of rotatable bonds is 1. The van der Waals surface area contributed by atoms with E-state index < -0.39 is 0 Å². The third kappa shape index (κ3) is 22.6. The van der Waals surface area contributed by atoms with E-state index in [0.29, 0.717) is 0 Å². The van der Waals surface area contributed by atoms with Gasteiger partial charge in [-0.05, 0) is 0 Å². The molecular formula is C5H10N3Ru4. The summed E-state index contributed by atoms with van der Waals surface area (Å²) in [6.45, 7) is 3.75. The zero-order valence-electron chi connectivity index (χ0n) is 6.83. The van der Waals surface area contributed by atoms with Crippen molar-refractivity contribution in [3.05, 3.63) is 16.0 Å². The van der Waals surface area contributed by atoms with Crippen LogP contribution < -0.4 is 0 Å². The topological polar surface area (TPSA) is 50.5 Å². The predicted molar refractivity (Wildman–Crippen MR) is 36.1 cm³/mol. The Morgan fingerprint density at radius 1 is 1.17 bits per heavy atom. The summed E-state index contributed by atoms with van der Waals surface area (Å²) in [5.74, 6) is -0.125. The van der Waals surface area contributed by atoms with Crippen LogP contribution in [0.15, 0.2) is 0 Å². The summed E-state index contributed by atoms with van der Waals surface area (Å²) in [5, 5.41) is 15.7. The number of guanidine groups is 1. The van der Waals surface area contributed by atoms with Crippen LogP contribution in [0.3, 0.4) is 0 Å². The zero-order valence-corrected chi connectivity index (χ0v) is 13.8. The molecule has 0 spiro atoms. The van der Waals surface area contributed by atoms with E-state index >= 15 is 0 Å². The second-order valence-electron chi connectivity index (χ2n) is 1.75. The minimum absolute atomic E-state index is 0. The first kappa shape index (κ1) is 29.2. The van der Waals surface area contributed by atoms with Crippen molar-refractivity contribution in [2.24, 2.45) is 0 Å². The summed E-state index contributed by atoms with van der Waals surface area (Å²) in [4.78, 5) is 0. The van der Waals surface area contributed by atoms with Gasteiger partial charge in [-0.1, -0.05) is 13.8 Å². The molecule has 0 aliphatic heterocycles. The van der Waals surface area contributed by atoms with Gasteiger partial charge < -0.3 is 22.0 Å². The minimum Gasteiger partial charge on any atom is -0.845 e. The summed E-state index contributed by atoms with van der Waals surface area (Å²) in [7, 11) is 1.50. The van der Waals surface area contributed by atoms with Crippen molar-refractivity contribution in [3.8, 4) is 0 Å². The van der Waals surface area contributed by atoms with Crippen LogP contribution in [0.25, 0.3) is 16.0 Å². The average molecular weight is 516 g/mol. The Bertz CT molecular complexity index is 88.8. The molecule has 0 aromatic rings. The molecule has 0 atom stereocenters. The molecule has 0 saturated carbocycles. The Kier molecular flexibility index (Phi) is 45.1. The summed E-state index contributed by atoms with van der Waals surface area (Å²) in [6.07, 6.45) is 0. The molecule has 0 bridgehead atoms. The van der Waals surface area contributed by atoms with Gasteiger partial charge in [0.15, 0.2) is 0 Å². The van der Waals surface area contributed by atoms with E-state index in [9.17, 15) is 0 Å². The van der Waals surface area contributed by atoms with Gasteiger partial charge in [-0.15, -0.1) is 13.1 Å². The maximum Gasteiger partial charge on any atom is 1.00 e. The van der Waals surface area contributed by atoms with Crippen LogP contribution >= 0.6 is 0 Å². The molecule has 7 heteroatoms. The summed E-state index contributed by atoms with van der Waals surface area (Å²) < 4.78 is 0. The van der Waals surface area contributed by atoms with Crippen molar-refractivity contribution in [2.75, 3.05) is 7.05 Å². The normalized spacial score (nSPS) is 6.00. The van der Waals surface area contributed by atoms with E-state index in [1.54, 1.807) is 0 Å². The largest absolute Gasteiger partial charge is 1.00 e. The van der Waals surface area contributed by atoms with Gasteiger partial charge in [0.2, 0.25) is 0 Å². The van der Waals surface area contributed by atoms with E-state index in [2.05, 4.69) is 10.6 Å². The molecule has 0 unspecified atom stereocenters. The molecule has 0 aliphatic rings. The van der Waals surface area contributed by atoms with Gasteiger partial charge in [-0.2, -0.15) is 0 Å². The van der Waals surface area contributed by atoms with Gasteiger partial charge in [-0.25, -0.2) is 0 Å². The first-order valence-electron chi connectivity index (χ1n) is 2.53. The van der Waals surface area contributed by atoms with Crippen LogP contribution in [-0.2, 0) is 77.9 Å². The van der Waals surface area contributed by atoms with Crippen molar-refractivity contribution in [2.45, 2.75) is 19.9 Å². The molecule has 0 aliphatic carbocycles. The smallest absolute Gasteiger partial charge is 0.845 e. The second-order valence-corrected chi connectivity index (χ2v) is 1.75. The fourth-order valence-electron chi connectivity index (χ4n) is 0.289. The molecule has 12 heavy (non-hydrogen) atoms. The predicted octanol–water partition coefficient (Wildman–Crippen LogP) is 1.69. The Labute approximate surface area is 126 Å². The monoisotopic (exact) mass is 520 g/mol. The van der Waals surface area contributed by atoms with E-state index in [0.717, 1.165) is 0 Å². The standard InChI is InChI=1S/C5H10N3.4Ru/c1-4(2)8-5(6)7-3;;;;/h4H,1-3H3;;;;/q-3;;3*+1. The van der Waals surface area contributed by atoms with Crippen molar-refractivity contribution in [1.29, 1.82) is 0 Å². The van der Waals surface area contributed by atoms with Gasteiger partial charge in [0, 0.05) is 19.5 Å². The molecule has 0 saturated heterocycles. The Morgan fingerprint density at radius 3 is 1.58 bits per heavy atom. The van der Waals surface area contributed by atoms with Crippen molar-refractivity contribution in [1.82, 2.24) is 0 Å². The molecule has 0 N–H and O–H groups in total. The number of nitrogens with zero attached hydrogens (tertiary/aromatic N) is 3. The average Bonchev–Trinajstić information content (AvgIpc) is 1.65. The van der Waals surface area contributed by atoms with Crippen LogP contribution in [0.1, 0.15) is 13.8 Å². The molecule has 0 heterocycles. The van der Waals surface area contributed by atoms with Crippen LogP contribution in [0.2, 0.25) is 0 Å². The van der Waals surface area contributed by atoms with Gasteiger partial charge in [0.05, 0.1) is 0 Å². The van der Waals surface area contributed by atoms with Gasteiger partial charge >= 0.3 is 58.4 Å². The van der Waals surface area contributed by atoms with Crippen LogP contribution in [0, 0.1) is 0 Å². The van der Waals surface area contributed by atoms with Gasteiger partial charge in [0.1, 0.15) is 0 Å². The molecule has 0 rings (SSSR count). The van der Waals surface area contributed by atoms with Crippen molar-refractivity contribution >= 4 is 5.96 Å². The van der Waals surface area contributed by atoms with Crippen LogP contribution in [0.5, 0.6) is 0 Å². The Balaban J connectivity index is -0.0000000408. The fraction of sp³-hybridized carbons (Fsp3) is 0.800. The third-order valence-electron chi connectivity index (χ3n) is 0.574. The molecule has 0 aromatic heterocycles. The zero-order chi connectivity index (χ0) is 6.57. The molecule has 0 amide bonds. The summed E-state index contributed by atoms with van der Waals surface area (Å²) in [6, 6.07) is 0.124.